The van der Waals surface area contributed by atoms with Crippen LogP contribution in [-0.2, 0) is 4.79 Å². The van der Waals surface area contributed by atoms with Gasteiger partial charge in [-0.25, -0.2) is 0 Å². The van der Waals surface area contributed by atoms with Gasteiger partial charge in [-0.2, -0.15) is 0 Å². The number of fused-ring (bicyclic) bond motifs is 5. The maximum Gasteiger partial charge on any atom is 0.219 e. The molecule has 8 unspecified atom stereocenters. The molecule has 3 heteroatoms. The van der Waals surface area contributed by atoms with Gasteiger partial charge in [0.25, 0.3) is 0 Å². The van der Waals surface area contributed by atoms with E-state index in [2.05, 4.69) is 45.8 Å². The van der Waals surface area contributed by atoms with Crippen molar-refractivity contribution in [1.82, 2.24) is 9.80 Å². The van der Waals surface area contributed by atoms with Crippen LogP contribution in [0.15, 0.2) is 11.6 Å². The topological polar surface area (TPSA) is 23.6 Å². The number of allylic oxidation sites excluding steroid dienone is 1. The minimum Gasteiger partial charge on any atom is -0.343 e. The monoisotopic (exact) mass is 400 g/mol. The zero-order valence-corrected chi connectivity index (χ0v) is 20.0. The Morgan fingerprint density at radius 1 is 1.07 bits per heavy atom. The standard InChI is InChI=1S/C26H44N2O/c1-17(28(7)18(2)29)22-10-11-23-21-9-8-19-16-20(27(5)6)12-14-25(19,3)24(21)13-15-26(22,23)4/h8,17,20-24H,9-16H2,1-7H3. The first-order chi connectivity index (χ1) is 13.6. The number of amides is 1. The van der Waals surface area contributed by atoms with E-state index in [1.807, 2.05) is 11.9 Å². The molecule has 0 saturated heterocycles. The first kappa shape index (κ1) is 21.4. The number of hydrogen-bond acceptors (Lipinski definition) is 2. The molecule has 0 aromatic heterocycles. The molecule has 4 aliphatic rings. The fraction of sp³-hybridized carbons (Fsp3) is 0.885. The maximum absolute atomic E-state index is 12.0. The summed E-state index contributed by atoms with van der Waals surface area (Å²) in [5.41, 5.74) is 2.63. The molecule has 0 aromatic rings. The van der Waals surface area contributed by atoms with Gasteiger partial charge in [0.1, 0.15) is 0 Å². The predicted molar refractivity (Wildman–Crippen MR) is 121 cm³/mol. The average molecular weight is 401 g/mol. The number of carbonyl (C=O) groups excluding carboxylic acids is 1. The Balaban J connectivity index is 1.57. The Labute approximate surface area is 179 Å². The lowest BCUT2D eigenvalue weighted by molar-refractivity contribution is -0.132. The molecule has 0 heterocycles. The first-order valence-corrected chi connectivity index (χ1v) is 12.2. The van der Waals surface area contributed by atoms with Crippen LogP contribution in [0.1, 0.15) is 79.1 Å². The lowest BCUT2D eigenvalue weighted by atomic mass is 9.47. The third kappa shape index (κ3) is 3.22. The van der Waals surface area contributed by atoms with Crippen LogP contribution in [0.3, 0.4) is 0 Å². The van der Waals surface area contributed by atoms with Crippen molar-refractivity contribution in [3.63, 3.8) is 0 Å². The Bertz CT molecular complexity index is 684. The molecule has 0 radical (unpaired) electrons. The van der Waals surface area contributed by atoms with Crippen molar-refractivity contribution in [1.29, 1.82) is 0 Å². The summed E-state index contributed by atoms with van der Waals surface area (Å²) < 4.78 is 0. The van der Waals surface area contributed by atoms with E-state index in [0.717, 1.165) is 23.8 Å². The number of carbonyl (C=O) groups is 1. The molecular weight excluding hydrogens is 356 g/mol. The molecule has 0 spiro atoms. The van der Waals surface area contributed by atoms with E-state index in [-0.39, 0.29) is 5.91 Å². The van der Waals surface area contributed by atoms with Gasteiger partial charge in [-0.15, -0.1) is 0 Å². The minimum atomic E-state index is 0.216. The molecule has 8 atom stereocenters. The van der Waals surface area contributed by atoms with Crippen molar-refractivity contribution in [3.8, 4) is 0 Å². The molecule has 164 valence electrons. The molecule has 0 aromatic carbocycles. The molecule has 1 amide bonds. The van der Waals surface area contributed by atoms with E-state index in [1.54, 1.807) is 12.5 Å². The molecular formula is C26H44N2O. The van der Waals surface area contributed by atoms with Crippen molar-refractivity contribution in [2.24, 2.45) is 34.5 Å². The fourth-order valence-corrected chi connectivity index (χ4v) is 8.47. The third-order valence-electron chi connectivity index (χ3n) is 10.6. The van der Waals surface area contributed by atoms with E-state index in [4.69, 9.17) is 0 Å². The second-order valence-electron chi connectivity index (χ2n) is 11.7. The van der Waals surface area contributed by atoms with Gasteiger partial charge < -0.3 is 9.80 Å². The first-order valence-electron chi connectivity index (χ1n) is 12.2. The van der Waals surface area contributed by atoms with Crippen LogP contribution in [-0.4, -0.2) is 48.9 Å². The molecule has 0 aliphatic heterocycles. The van der Waals surface area contributed by atoms with Crippen LogP contribution >= 0.6 is 0 Å². The Kier molecular flexibility index (Phi) is 5.46. The van der Waals surface area contributed by atoms with E-state index in [0.29, 0.717) is 22.8 Å². The molecule has 3 saturated carbocycles. The highest BCUT2D eigenvalue weighted by atomic mass is 16.2. The van der Waals surface area contributed by atoms with E-state index in [1.165, 1.54) is 51.4 Å². The molecule has 3 fully saturated rings. The van der Waals surface area contributed by atoms with Crippen LogP contribution in [0, 0.1) is 34.5 Å². The summed E-state index contributed by atoms with van der Waals surface area (Å²) in [5.74, 6) is 3.45. The van der Waals surface area contributed by atoms with Gasteiger partial charge in [-0.1, -0.05) is 25.5 Å². The van der Waals surface area contributed by atoms with Crippen LogP contribution in [0.4, 0.5) is 0 Å². The quantitative estimate of drug-likeness (QED) is 0.595. The Morgan fingerprint density at radius 2 is 1.79 bits per heavy atom. The van der Waals surface area contributed by atoms with Gasteiger partial charge in [-0.3, -0.25) is 4.79 Å². The van der Waals surface area contributed by atoms with Crippen LogP contribution in [0.25, 0.3) is 0 Å². The second-order valence-corrected chi connectivity index (χ2v) is 11.7. The highest BCUT2D eigenvalue weighted by Gasteiger charge is 2.59. The van der Waals surface area contributed by atoms with Gasteiger partial charge in [0.15, 0.2) is 0 Å². The number of hydrogen-bond donors (Lipinski definition) is 0. The highest BCUT2D eigenvalue weighted by molar-refractivity contribution is 5.73. The van der Waals surface area contributed by atoms with Gasteiger partial charge >= 0.3 is 0 Å². The molecule has 4 rings (SSSR count). The summed E-state index contributed by atoms with van der Waals surface area (Å²) in [6.07, 6.45) is 13.4. The minimum absolute atomic E-state index is 0.216. The summed E-state index contributed by atoms with van der Waals surface area (Å²) in [6, 6.07) is 1.10. The van der Waals surface area contributed by atoms with Gasteiger partial charge in [0, 0.05) is 26.1 Å². The summed E-state index contributed by atoms with van der Waals surface area (Å²) >= 11 is 0. The smallest absolute Gasteiger partial charge is 0.219 e. The molecule has 0 N–H and O–H groups in total. The zero-order chi connectivity index (χ0) is 21.1. The Morgan fingerprint density at radius 3 is 2.45 bits per heavy atom. The lowest BCUT2D eigenvalue weighted by Gasteiger charge is -2.59. The highest BCUT2D eigenvalue weighted by Crippen LogP contribution is 2.66. The van der Waals surface area contributed by atoms with E-state index in [9.17, 15) is 4.79 Å². The molecule has 3 nitrogen and oxygen atoms in total. The van der Waals surface area contributed by atoms with Crippen LogP contribution < -0.4 is 0 Å². The summed E-state index contributed by atoms with van der Waals surface area (Å²) in [5, 5.41) is 0. The largest absolute Gasteiger partial charge is 0.343 e. The predicted octanol–water partition coefficient (Wildman–Crippen LogP) is 5.36. The van der Waals surface area contributed by atoms with Gasteiger partial charge in [0.2, 0.25) is 5.91 Å². The van der Waals surface area contributed by atoms with Gasteiger partial charge in [0.05, 0.1) is 0 Å². The van der Waals surface area contributed by atoms with Crippen molar-refractivity contribution in [2.75, 3.05) is 21.1 Å². The molecule has 29 heavy (non-hydrogen) atoms. The van der Waals surface area contributed by atoms with Crippen molar-refractivity contribution in [2.45, 2.75) is 91.1 Å². The third-order valence-corrected chi connectivity index (χ3v) is 10.6. The van der Waals surface area contributed by atoms with E-state index < -0.39 is 0 Å². The number of nitrogens with zero attached hydrogens (tertiary/aromatic N) is 2. The van der Waals surface area contributed by atoms with Crippen LogP contribution in [0.5, 0.6) is 0 Å². The van der Waals surface area contributed by atoms with E-state index >= 15 is 0 Å². The molecule has 0 bridgehead atoms. The average Bonchev–Trinajstić information content (AvgIpc) is 3.03. The second kappa shape index (κ2) is 7.39. The van der Waals surface area contributed by atoms with Crippen molar-refractivity contribution < 1.29 is 4.79 Å². The van der Waals surface area contributed by atoms with Crippen LogP contribution in [0.2, 0.25) is 0 Å². The Hall–Kier alpha value is -0.830. The van der Waals surface area contributed by atoms with Crippen molar-refractivity contribution >= 4 is 5.91 Å². The van der Waals surface area contributed by atoms with Gasteiger partial charge in [-0.05, 0) is 107 Å². The zero-order valence-electron chi connectivity index (χ0n) is 20.0. The summed E-state index contributed by atoms with van der Waals surface area (Å²) in [6.45, 7) is 9.22. The SMILES string of the molecule is CC(=O)N(C)C(C)C1CCC2C3CC=C4CC(N(C)C)CCC4(C)C3CCC21C. The molecule has 4 aliphatic carbocycles. The fourth-order valence-electron chi connectivity index (χ4n) is 8.47. The lowest BCUT2D eigenvalue weighted by Crippen LogP contribution is -2.53. The number of rotatable bonds is 3. The maximum atomic E-state index is 12.0. The summed E-state index contributed by atoms with van der Waals surface area (Å²) in [4.78, 5) is 16.5. The summed E-state index contributed by atoms with van der Waals surface area (Å²) in [7, 11) is 6.52. The van der Waals surface area contributed by atoms with Crippen molar-refractivity contribution in [3.05, 3.63) is 11.6 Å². The normalized spacial score (nSPS) is 45.1.